The number of carboxylic acid groups (broad SMARTS) is 1. The summed E-state index contributed by atoms with van der Waals surface area (Å²) in [6.45, 7) is 7.58. The van der Waals surface area contributed by atoms with Crippen LogP contribution in [-0.4, -0.2) is 65.6 Å². The first-order chi connectivity index (χ1) is 18.9. The number of nitrogens with zero attached hydrogens (tertiary/aromatic N) is 1. The molecule has 11 heteroatoms. The van der Waals surface area contributed by atoms with E-state index in [0.717, 1.165) is 5.56 Å². The van der Waals surface area contributed by atoms with Crippen molar-refractivity contribution >= 4 is 17.8 Å². The van der Waals surface area contributed by atoms with Crippen LogP contribution in [0.4, 0.5) is 13.6 Å². The van der Waals surface area contributed by atoms with Crippen molar-refractivity contribution in [2.45, 2.75) is 64.6 Å². The average molecular weight is 563 g/mol. The van der Waals surface area contributed by atoms with E-state index in [1.807, 2.05) is 30.3 Å². The molecule has 0 bridgehead atoms. The van der Waals surface area contributed by atoms with Gasteiger partial charge in [0.25, 0.3) is 5.92 Å². The fraction of sp³-hybridized carbons (Fsp3) is 0.483. The summed E-state index contributed by atoms with van der Waals surface area (Å²) in [4.78, 5) is 39.1. The summed E-state index contributed by atoms with van der Waals surface area (Å²) < 4.78 is 44.6. The number of ether oxygens (including phenoxy) is 3. The van der Waals surface area contributed by atoms with E-state index in [9.17, 15) is 28.3 Å². The highest BCUT2D eigenvalue weighted by Gasteiger charge is 2.62. The van der Waals surface area contributed by atoms with Crippen LogP contribution in [0.2, 0.25) is 0 Å². The molecule has 0 aromatic heterocycles. The van der Waals surface area contributed by atoms with E-state index in [1.165, 1.54) is 11.8 Å². The Morgan fingerprint density at radius 3 is 2.10 bits per heavy atom. The number of Topliss-reactive ketones (excluding diaryl/α,β-unsaturated/α-hetero) is 1. The number of hydrogen-bond acceptors (Lipinski definition) is 6. The largest absolute Gasteiger partial charge is 0.493 e. The first-order valence-electron chi connectivity index (χ1n) is 13.2. The Morgan fingerprint density at radius 2 is 1.62 bits per heavy atom. The average Bonchev–Trinajstić information content (AvgIpc) is 2.87. The molecule has 2 aromatic carbocycles. The van der Waals surface area contributed by atoms with Crippen molar-refractivity contribution in [1.82, 2.24) is 10.2 Å². The lowest BCUT2D eigenvalue weighted by Gasteiger charge is -2.45. The van der Waals surface area contributed by atoms with Crippen LogP contribution in [0.3, 0.4) is 0 Å². The second-order valence-electron chi connectivity index (χ2n) is 9.75. The predicted octanol–water partition coefficient (Wildman–Crippen LogP) is 5.23. The van der Waals surface area contributed by atoms with Crippen molar-refractivity contribution in [1.29, 1.82) is 0 Å². The maximum atomic E-state index is 13.7. The molecule has 0 spiro atoms. The number of amides is 2. The fourth-order valence-electron chi connectivity index (χ4n) is 4.72. The van der Waals surface area contributed by atoms with Crippen LogP contribution in [0, 0.1) is 0 Å². The Morgan fingerprint density at radius 1 is 1.05 bits per heavy atom. The quantitative estimate of drug-likeness (QED) is 0.239. The number of aliphatic carboxylic acids is 1. The minimum atomic E-state index is -3.18. The summed E-state index contributed by atoms with van der Waals surface area (Å²) in [5.74, 6) is -4.40. The first kappa shape index (κ1) is 30.8. The Bertz CT molecular complexity index is 1170. The molecule has 0 aliphatic heterocycles. The molecule has 2 amide bonds. The summed E-state index contributed by atoms with van der Waals surface area (Å²) in [7, 11) is 0. The minimum absolute atomic E-state index is 0.0221. The lowest BCUT2D eigenvalue weighted by atomic mass is 9.73. The van der Waals surface area contributed by atoms with Gasteiger partial charge >= 0.3 is 12.0 Å². The van der Waals surface area contributed by atoms with Crippen molar-refractivity contribution in [3.05, 3.63) is 59.2 Å². The Kier molecular flexibility index (Phi) is 10.1. The molecule has 40 heavy (non-hydrogen) atoms. The molecule has 0 saturated heterocycles. The van der Waals surface area contributed by atoms with E-state index in [2.05, 4.69) is 5.32 Å². The number of ketones is 1. The van der Waals surface area contributed by atoms with Crippen LogP contribution < -0.4 is 14.8 Å². The van der Waals surface area contributed by atoms with Crippen LogP contribution in [0.1, 0.15) is 68.1 Å². The summed E-state index contributed by atoms with van der Waals surface area (Å²) >= 11 is 0. The highest BCUT2D eigenvalue weighted by Crippen LogP contribution is 2.46. The number of halogens is 2. The standard InChI is InChI=1S/C29H36F2N2O7/c1-5-39-23-14-22(15-24(40-6-2)25(23)20(4)34)19(3)33(12-13-38-16-21-10-8-7-9-11-21)27(37)32-28(26(35)36)17-29(30,31)18-28/h7-11,14-15,19H,5-6,12-13,16-18H2,1-4H3,(H,32,37)(H,35,36). The van der Waals surface area contributed by atoms with E-state index < -0.39 is 42.3 Å². The zero-order valence-corrected chi connectivity index (χ0v) is 23.2. The normalized spacial score (nSPS) is 15.8. The van der Waals surface area contributed by atoms with Gasteiger partial charge < -0.3 is 29.5 Å². The second kappa shape index (κ2) is 13.1. The molecule has 0 radical (unpaired) electrons. The summed E-state index contributed by atoms with van der Waals surface area (Å²) in [6, 6.07) is 11.1. The number of carbonyl (C=O) groups excluding carboxylic acids is 2. The molecule has 3 rings (SSSR count). The van der Waals surface area contributed by atoms with E-state index in [-0.39, 0.29) is 55.8 Å². The van der Waals surface area contributed by atoms with Gasteiger partial charge in [-0.3, -0.25) is 4.79 Å². The molecule has 1 aliphatic carbocycles. The Hall–Kier alpha value is -3.73. The van der Waals surface area contributed by atoms with Crippen LogP contribution in [0.15, 0.2) is 42.5 Å². The van der Waals surface area contributed by atoms with Crippen LogP contribution in [0.25, 0.3) is 0 Å². The van der Waals surface area contributed by atoms with Gasteiger partial charge in [0, 0.05) is 19.4 Å². The van der Waals surface area contributed by atoms with Gasteiger partial charge in [0.2, 0.25) is 0 Å². The molecule has 0 heterocycles. The van der Waals surface area contributed by atoms with Crippen LogP contribution in [0.5, 0.6) is 11.5 Å². The Labute approximate surface area is 232 Å². The van der Waals surface area contributed by atoms with E-state index >= 15 is 0 Å². The number of hydrogen-bond donors (Lipinski definition) is 2. The maximum Gasteiger partial charge on any atom is 0.329 e. The molecule has 1 fully saturated rings. The molecule has 1 unspecified atom stereocenters. The third-order valence-electron chi connectivity index (χ3n) is 6.72. The molecule has 1 saturated carbocycles. The lowest BCUT2D eigenvalue weighted by Crippen LogP contribution is -2.68. The SMILES string of the molecule is CCOc1cc(C(C)N(CCOCc2ccccc2)C(=O)NC2(C(=O)O)CC(F)(F)C2)cc(OCC)c1C(C)=O. The van der Waals surface area contributed by atoms with Gasteiger partial charge in [0.05, 0.1) is 32.5 Å². The molecule has 2 N–H and O–H groups in total. The Balaban J connectivity index is 1.91. The second-order valence-corrected chi connectivity index (χ2v) is 9.75. The number of urea groups is 1. The van der Waals surface area contributed by atoms with Gasteiger partial charge in [-0.15, -0.1) is 0 Å². The highest BCUT2D eigenvalue weighted by atomic mass is 19.3. The predicted molar refractivity (Wildman–Crippen MR) is 143 cm³/mol. The van der Waals surface area contributed by atoms with Gasteiger partial charge in [0.15, 0.2) is 11.3 Å². The van der Waals surface area contributed by atoms with Gasteiger partial charge in [-0.05, 0) is 51.0 Å². The van der Waals surface area contributed by atoms with Crippen LogP contribution >= 0.6 is 0 Å². The van der Waals surface area contributed by atoms with E-state index in [4.69, 9.17) is 14.2 Å². The maximum absolute atomic E-state index is 13.7. The zero-order chi connectivity index (χ0) is 29.5. The number of rotatable bonds is 14. The first-order valence-corrected chi connectivity index (χ1v) is 13.2. The van der Waals surface area contributed by atoms with Gasteiger partial charge in [-0.25, -0.2) is 18.4 Å². The topological polar surface area (TPSA) is 114 Å². The van der Waals surface area contributed by atoms with Gasteiger partial charge in [-0.1, -0.05) is 30.3 Å². The number of alkyl halides is 2. The number of carboxylic acids is 1. The summed E-state index contributed by atoms with van der Waals surface area (Å²) in [5.41, 5.74) is -0.341. The minimum Gasteiger partial charge on any atom is -0.493 e. The van der Waals surface area contributed by atoms with E-state index in [0.29, 0.717) is 5.56 Å². The van der Waals surface area contributed by atoms with Gasteiger partial charge in [-0.2, -0.15) is 0 Å². The monoisotopic (exact) mass is 562 g/mol. The molecule has 2 aromatic rings. The molecular formula is C29H36F2N2O7. The molecule has 9 nitrogen and oxygen atoms in total. The molecular weight excluding hydrogens is 526 g/mol. The zero-order valence-electron chi connectivity index (χ0n) is 23.2. The molecule has 1 atom stereocenters. The highest BCUT2D eigenvalue weighted by molar-refractivity contribution is 6.00. The van der Waals surface area contributed by atoms with Crippen molar-refractivity contribution < 1.29 is 42.5 Å². The smallest absolute Gasteiger partial charge is 0.329 e. The fourth-order valence-corrected chi connectivity index (χ4v) is 4.72. The summed E-state index contributed by atoms with van der Waals surface area (Å²) in [5, 5.41) is 12.0. The van der Waals surface area contributed by atoms with Crippen molar-refractivity contribution in [3.8, 4) is 11.5 Å². The third-order valence-corrected chi connectivity index (χ3v) is 6.72. The number of benzene rings is 2. The molecule has 218 valence electrons. The third kappa shape index (κ3) is 7.26. The van der Waals surface area contributed by atoms with E-state index in [1.54, 1.807) is 32.9 Å². The molecule has 1 aliphatic rings. The van der Waals surface area contributed by atoms with Crippen molar-refractivity contribution in [2.75, 3.05) is 26.4 Å². The van der Waals surface area contributed by atoms with Gasteiger partial charge in [0.1, 0.15) is 17.1 Å². The summed E-state index contributed by atoms with van der Waals surface area (Å²) in [6.07, 6.45) is -1.99. The van der Waals surface area contributed by atoms with Crippen LogP contribution in [-0.2, 0) is 16.1 Å². The number of carbonyl (C=O) groups is 3. The lowest BCUT2D eigenvalue weighted by molar-refractivity contribution is -0.175. The number of nitrogens with one attached hydrogen (secondary N) is 1. The van der Waals surface area contributed by atoms with Crippen molar-refractivity contribution in [2.24, 2.45) is 0 Å². The van der Waals surface area contributed by atoms with Crippen molar-refractivity contribution in [3.63, 3.8) is 0 Å².